The van der Waals surface area contributed by atoms with E-state index in [0.29, 0.717) is 17.1 Å². The van der Waals surface area contributed by atoms with Gasteiger partial charge in [0.2, 0.25) is 0 Å². The van der Waals surface area contributed by atoms with Crippen LogP contribution in [-0.2, 0) is 0 Å². The summed E-state index contributed by atoms with van der Waals surface area (Å²) in [6.07, 6.45) is 2.47. The molecule has 0 bridgehead atoms. The molecule has 0 unspecified atom stereocenters. The summed E-state index contributed by atoms with van der Waals surface area (Å²) in [5.41, 5.74) is 1.35. The van der Waals surface area contributed by atoms with Crippen LogP contribution >= 0.6 is 11.6 Å². The number of anilines is 1. The molecule has 0 atom stereocenters. The second-order valence-electron chi connectivity index (χ2n) is 5.97. The molecule has 3 aromatic rings. The first-order valence-electron chi connectivity index (χ1n) is 8.17. The number of fused-ring (bicyclic) bond motifs is 1. The van der Waals surface area contributed by atoms with E-state index in [2.05, 4.69) is 20.2 Å². The standard InChI is InChI=1S/C17H17ClN6O/c18-14-4-1-3-13(11-14)17(25)23-8-2-7-22(9-10-23)16-6-5-15-20-19-12-24(15)21-16/h1,3-6,11-12H,2,7-10H2. The molecule has 8 heteroatoms. The molecule has 1 aromatic carbocycles. The molecular formula is C17H17ClN6O. The summed E-state index contributed by atoms with van der Waals surface area (Å²) in [6, 6.07) is 10.9. The van der Waals surface area contributed by atoms with Crippen molar-refractivity contribution in [3.8, 4) is 0 Å². The first-order chi connectivity index (χ1) is 12.2. The van der Waals surface area contributed by atoms with Gasteiger partial charge in [0.05, 0.1) is 0 Å². The normalized spacial score (nSPS) is 15.4. The molecule has 2 aromatic heterocycles. The highest BCUT2D eigenvalue weighted by Crippen LogP contribution is 2.17. The molecule has 0 aliphatic carbocycles. The summed E-state index contributed by atoms with van der Waals surface area (Å²) < 4.78 is 1.66. The van der Waals surface area contributed by atoms with Crippen molar-refractivity contribution < 1.29 is 4.79 Å². The second kappa shape index (κ2) is 6.68. The molecule has 4 rings (SSSR count). The quantitative estimate of drug-likeness (QED) is 0.703. The van der Waals surface area contributed by atoms with Crippen molar-refractivity contribution in [1.29, 1.82) is 0 Å². The highest BCUT2D eigenvalue weighted by atomic mass is 35.5. The van der Waals surface area contributed by atoms with E-state index in [9.17, 15) is 4.79 Å². The van der Waals surface area contributed by atoms with Crippen molar-refractivity contribution in [2.45, 2.75) is 6.42 Å². The maximum atomic E-state index is 12.7. The van der Waals surface area contributed by atoms with Gasteiger partial charge in [-0.05, 0) is 36.8 Å². The topological polar surface area (TPSA) is 66.6 Å². The molecule has 25 heavy (non-hydrogen) atoms. The van der Waals surface area contributed by atoms with Crippen LogP contribution < -0.4 is 4.90 Å². The smallest absolute Gasteiger partial charge is 0.253 e. The molecule has 3 heterocycles. The molecular weight excluding hydrogens is 340 g/mol. The minimum absolute atomic E-state index is 0.0200. The van der Waals surface area contributed by atoms with Crippen molar-refractivity contribution >= 4 is 29.0 Å². The Labute approximate surface area is 149 Å². The predicted octanol–water partition coefficient (Wildman–Crippen LogP) is 2.13. The van der Waals surface area contributed by atoms with E-state index < -0.39 is 0 Å². The van der Waals surface area contributed by atoms with Gasteiger partial charge in [-0.3, -0.25) is 4.79 Å². The number of amides is 1. The molecule has 0 spiro atoms. The number of carbonyl (C=O) groups excluding carboxylic acids is 1. The fourth-order valence-electron chi connectivity index (χ4n) is 3.04. The third-order valence-corrected chi connectivity index (χ3v) is 4.56. The van der Waals surface area contributed by atoms with E-state index in [1.165, 1.54) is 0 Å². The van der Waals surface area contributed by atoms with E-state index in [1.807, 2.05) is 17.0 Å². The van der Waals surface area contributed by atoms with E-state index in [-0.39, 0.29) is 5.91 Å². The van der Waals surface area contributed by atoms with Gasteiger partial charge in [0.1, 0.15) is 12.1 Å². The number of nitrogens with zero attached hydrogens (tertiary/aromatic N) is 6. The lowest BCUT2D eigenvalue weighted by atomic mass is 10.2. The predicted molar refractivity (Wildman–Crippen MR) is 95.0 cm³/mol. The number of carbonyl (C=O) groups is 1. The largest absolute Gasteiger partial charge is 0.353 e. The Balaban J connectivity index is 1.49. The van der Waals surface area contributed by atoms with Crippen LogP contribution in [0.25, 0.3) is 5.65 Å². The van der Waals surface area contributed by atoms with E-state index in [0.717, 1.165) is 37.5 Å². The van der Waals surface area contributed by atoms with Crippen LogP contribution in [0.5, 0.6) is 0 Å². The lowest BCUT2D eigenvalue weighted by Gasteiger charge is -2.22. The number of aromatic nitrogens is 4. The summed E-state index contributed by atoms with van der Waals surface area (Å²) in [4.78, 5) is 16.8. The molecule has 1 fully saturated rings. The zero-order chi connectivity index (χ0) is 17.2. The van der Waals surface area contributed by atoms with Gasteiger partial charge in [0.25, 0.3) is 5.91 Å². The Bertz CT molecular complexity index is 911. The maximum Gasteiger partial charge on any atom is 0.253 e. The summed E-state index contributed by atoms with van der Waals surface area (Å²) in [7, 11) is 0. The number of benzene rings is 1. The van der Waals surface area contributed by atoms with Crippen molar-refractivity contribution in [1.82, 2.24) is 24.7 Å². The van der Waals surface area contributed by atoms with Crippen LogP contribution in [0, 0.1) is 0 Å². The number of hydrogen-bond acceptors (Lipinski definition) is 5. The Kier molecular flexibility index (Phi) is 4.23. The maximum absolute atomic E-state index is 12.7. The Morgan fingerprint density at radius 3 is 2.88 bits per heavy atom. The van der Waals surface area contributed by atoms with E-state index in [1.54, 1.807) is 35.1 Å². The van der Waals surface area contributed by atoms with Crippen molar-refractivity contribution in [3.63, 3.8) is 0 Å². The minimum atomic E-state index is 0.0200. The molecule has 0 N–H and O–H groups in total. The average Bonchev–Trinajstić information content (AvgIpc) is 2.96. The number of halogens is 1. The highest BCUT2D eigenvalue weighted by Gasteiger charge is 2.21. The van der Waals surface area contributed by atoms with Crippen molar-refractivity contribution in [2.75, 3.05) is 31.1 Å². The molecule has 1 aliphatic rings. The van der Waals surface area contributed by atoms with Crippen molar-refractivity contribution in [3.05, 3.63) is 53.3 Å². The number of rotatable bonds is 2. The molecule has 0 radical (unpaired) electrons. The molecule has 128 valence electrons. The van der Waals surface area contributed by atoms with Gasteiger partial charge in [0.15, 0.2) is 5.65 Å². The summed E-state index contributed by atoms with van der Waals surface area (Å²) in [5, 5.41) is 12.9. The van der Waals surface area contributed by atoms with Crippen molar-refractivity contribution in [2.24, 2.45) is 0 Å². The second-order valence-corrected chi connectivity index (χ2v) is 6.40. The summed E-state index contributed by atoms with van der Waals surface area (Å²) in [5.74, 6) is 0.885. The summed E-state index contributed by atoms with van der Waals surface area (Å²) in [6.45, 7) is 2.94. The molecule has 1 saturated heterocycles. The lowest BCUT2D eigenvalue weighted by Crippen LogP contribution is -2.35. The van der Waals surface area contributed by atoms with Crippen LogP contribution in [-0.4, -0.2) is 56.8 Å². The van der Waals surface area contributed by atoms with Gasteiger partial charge in [-0.2, -0.15) is 4.52 Å². The molecule has 1 aliphatic heterocycles. The van der Waals surface area contributed by atoms with Gasteiger partial charge in [0, 0.05) is 36.8 Å². The van der Waals surface area contributed by atoms with Crippen LogP contribution in [0.4, 0.5) is 5.82 Å². The van der Waals surface area contributed by atoms with Gasteiger partial charge >= 0.3 is 0 Å². The lowest BCUT2D eigenvalue weighted by molar-refractivity contribution is 0.0767. The van der Waals surface area contributed by atoms with Gasteiger partial charge in [-0.25, -0.2) is 0 Å². The van der Waals surface area contributed by atoms with E-state index >= 15 is 0 Å². The fraction of sp³-hybridized carbons (Fsp3) is 0.294. The first-order valence-corrected chi connectivity index (χ1v) is 8.55. The third kappa shape index (κ3) is 3.28. The monoisotopic (exact) mass is 356 g/mol. The van der Waals surface area contributed by atoms with Gasteiger partial charge in [-0.1, -0.05) is 17.7 Å². The fourth-order valence-corrected chi connectivity index (χ4v) is 3.23. The minimum Gasteiger partial charge on any atom is -0.353 e. The van der Waals surface area contributed by atoms with Crippen LogP contribution in [0.3, 0.4) is 0 Å². The van der Waals surface area contributed by atoms with Crippen LogP contribution in [0.1, 0.15) is 16.8 Å². The highest BCUT2D eigenvalue weighted by molar-refractivity contribution is 6.30. The Morgan fingerprint density at radius 2 is 2.00 bits per heavy atom. The van der Waals surface area contributed by atoms with Crippen LogP contribution in [0.15, 0.2) is 42.7 Å². The number of hydrogen-bond donors (Lipinski definition) is 0. The first kappa shape index (κ1) is 15.8. The zero-order valence-corrected chi connectivity index (χ0v) is 14.3. The Hall–Kier alpha value is -2.67. The average molecular weight is 357 g/mol. The van der Waals surface area contributed by atoms with Gasteiger partial charge < -0.3 is 9.80 Å². The molecule has 7 nitrogen and oxygen atoms in total. The summed E-state index contributed by atoms with van der Waals surface area (Å²) >= 11 is 6.00. The van der Waals surface area contributed by atoms with Crippen LogP contribution in [0.2, 0.25) is 5.02 Å². The third-order valence-electron chi connectivity index (χ3n) is 4.33. The van der Waals surface area contributed by atoms with Gasteiger partial charge in [-0.15, -0.1) is 15.3 Å². The van der Waals surface area contributed by atoms with E-state index in [4.69, 9.17) is 11.6 Å². The molecule has 0 saturated carbocycles. The molecule has 1 amide bonds. The Morgan fingerprint density at radius 1 is 1.08 bits per heavy atom. The zero-order valence-electron chi connectivity index (χ0n) is 13.5. The SMILES string of the molecule is O=C(c1cccc(Cl)c1)N1CCCN(c2ccc3nncn3n2)CC1.